The van der Waals surface area contributed by atoms with Gasteiger partial charge in [-0.1, -0.05) is 25.1 Å². The number of rotatable bonds is 3. The van der Waals surface area contributed by atoms with Crippen molar-refractivity contribution in [3.63, 3.8) is 0 Å². The molecule has 1 aliphatic rings. The first kappa shape index (κ1) is 12.3. The number of aliphatic carboxylic acids is 1. The number of anilines is 1. The minimum absolute atomic E-state index is 0.0777. The van der Waals surface area contributed by atoms with Crippen LogP contribution in [0, 0.1) is 0 Å². The van der Waals surface area contributed by atoms with Crippen LogP contribution in [0.5, 0.6) is 0 Å². The highest BCUT2D eigenvalue weighted by atomic mass is 32.2. The quantitative estimate of drug-likeness (QED) is 0.867. The fourth-order valence-corrected chi connectivity index (χ4v) is 3.46. The van der Waals surface area contributed by atoms with E-state index in [4.69, 9.17) is 0 Å². The first-order chi connectivity index (χ1) is 8.15. The number of benzene rings is 1. The largest absolute Gasteiger partial charge is 0.479 e. The molecule has 2 unspecified atom stereocenters. The molecule has 2 N–H and O–H groups in total. The lowest BCUT2D eigenvalue weighted by Gasteiger charge is -2.39. The van der Waals surface area contributed by atoms with Gasteiger partial charge in [0.15, 0.2) is 0 Å². The van der Waals surface area contributed by atoms with Crippen LogP contribution in [0.3, 0.4) is 0 Å². The summed E-state index contributed by atoms with van der Waals surface area (Å²) in [6.45, 7) is 1.99. The van der Waals surface area contributed by atoms with E-state index in [1.165, 1.54) is 0 Å². The summed E-state index contributed by atoms with van der Waals surface area (Å²) in [5.74, 6) is 0.299. The van der Waals surface area contributed by atoms with Crippen LogP contribution in [0.4, 0.5) is 5.69 Å². The number of para-hydroxylation sites is 1. The van der Waals surface area contributed by atoms with Gasteiger partial charge in [0.1, 0.15) is 5.54 Å². The zero-order valence-corrected chi connectivity index (χ0v) is 10.7. The highest BCUT2D eigenvalue weighted by molar-refractivity contribution is 8.00. The van der Waals surface area contributed by atoms with Gasteiger partial charge in [0, 0.05) is 10.9 Å². The lowest BCUT2D eigenvalue weighted by Crippen LogP contribution is -2.55. The molecule has 3 nitrogen and oxygen atoms in total. The topological polar surface area (TPSA) is 49.3 Å². The maximum Gasteiger partial charge on any atom is 0.330 e. The second kappa shape index (κ2) is 5.00. The number of thioether (sulfide) groups is 1. The van der Waals surface area contributed by atoms with E-state index in [2.05, 4.69) is 5.32 Å². The predicted octanol–water partition coefficient (Wildman–Crippen LogP) is 2.84. The fourth-order valence-electron chi connectivity index (χ4n) is 2.23. The number of hydrogen-bond acceptors (Lipinski definition) is 3. The molecule has 0 saturated carbocycles. The molecule has 0 amide bonds. The van der Waals surface area contributed by atoms with Crippen molar-refractivity contribution < 1.29 is 9.90 Å². The third-order valence-electron chi connectivity index (χ3n) is 3.30. The Hall–Kier alpha value is -1.16. The second-order valence-corrected chi connectivity index (χ2v) is 5.83. The predicted molar refractivity (Wildman–Crippen MR) is 71.6 cm³/mol. The van der Waals surface area contributed by atoms with E-state index in [-0.39, 0.29) is 5.25 Å². The number of carbonyl (C=O) groups is 1. The summed E-state index contributed by atoms with van der Waals surface area (Å²) < 4.78 is 0. The Morgan fingerprint density at radius 1 is 1.47 bits per heavy atom. The van der Waals surface area contributed by atoms with E-state index in [1.54, 1.807) is 11.8 Å². The smallest absolute Gasteiger partial charge is 0.330 e. The zero-order valence-electron chi connectivity index (χ0n) is 9.85. The molecule has 0 aliphatic carbocycles. The van der Waals surface area contributed by atoms with Crippen LogP contribution in [-0.4, -0.2) is 27.6 Å². The highest BCUT2D eigenvalue weighted by Crippen LogP contribution is 2.36. The van der Waals surface area contributed by atoms with Gasteiger partial charge in [-0.05, 0) is 30.7 Å². The first-order valence-corrected chi connectivity index (χ1v) is 6.88. The number of hydrogen-bond donors (Lipinski definition) is 2. The van der Waals surface area contributed by atoms with Gasteiger partial charge in [0.25, 0.3) is 0 Å². The van der Waals surface area contributed by atoms with E-state index in [0.717, 1.165) is 17.9 Å². The molecular formula is C13H17NO2S. The van der Waals surface area contributed by atoms with Crippen LogP contribution in [0.2, 0.25) is 0 Å². The van der Waals surface area contributed by atoms with E-state index in [9.17, 15) is 9.90 Å². The molecule has 4 heteroatoms. The van der Waals surface area contributed by atoms with Gasteiger partial charge in [-0.2, -0.15) is 11.8 Å². The summed E-state index contributed by atoms with van der Waals surface area (Å²) in [5.41, 5.74) is 0.0498. The molecule has 1 aromatic carbocycles. The molecule has 0 spiro atoms. The Morgan fingerprint density at radius 3 is 2.76 bits per heavy atom. The monoisotopic (exact) mass is 251 g/mol. The van der Waals surface area contributed by atoms with Gasteiger partial charge in [-0.15, -0.1) is 0 Å². The summed E-state index contributed by atoms with van der Waals surface area (Å²) in [7, 11) is 0. The van der Waals surface area contributed by atoms with Crippen LogP contribution in [-0.2, 0) is 4.79 Å². The lowest BCUT2D eigenvalue weighted by molar-refractivity contribution is -0.142. The first-order valence-electron chi connectivity index (χ1n) is 5.83. The van der Waals surface area contributed by atoms with Gasteiger partial charge in [0.2, 0.25) is 0 Å². The molecule has 1 saturated heterocycles. The summed E-state index contributed by atoms with van der Waals surface area (Å²) in [6, 6.07) is 9.59. The van der Waals surface area contributed by atoms with Gasteiger partial charge in [-0.3, -0.25) is 0 Å². The molecule has 2 rings (SSSR count). The van der Waals surface area contributed by atoms with Crippen molar-refractivity contribution in [3.05, 3.63) is 30.3 Å². The van der Waals surface area contributed by atoms with Gasteiger partial charge in [0.05, 0.1) is 0 Å². The van der Waals surface area contributed by atoms with E-state index < -0.39 is 11.5 Å². The summed E-state index contributed by atoms with van der Waals surface area (Å²) in [6.07, 6.45) is 1.63. The summed E-state index contributed by atoms with van der Waals surface area (Å²) >= 11 is 1.73. The van der Waals surface area contributed by atoms with E-state index in [0.29, 0.717) is 6.42 Å². The number of carboxylic acid groups (broad SMARTS) is 1. The van der Waals surface area contributed by atoms with Crippen LogP contribution in [0.1, 0.15) is 19.8 Å². The molecule has 1 aliphatic heterocycles. The minimum Gasteiger partial charge on any atom is -0.479 e. The Labute approximate surface area is 106 Å². The van der Waals surface area contributed by atoms with Crippen LogP contribution < -0.4 is 5.32 Å². The maximum atomic E-state index is 11.6. The van der Waals surface area contributed by atoms with Crippen molar-refractivity contribution in [2.24, 2.45) is 0 Å². The molecule has 1 heterocycles. The van der Waals surface area contributed by atoms with Crippen molar-refractivity contribution in [1.82, 2.24) is 0 Å². The van der Waals surface area contributed by atoms with Crippen molar-refractivity contribution >= 4 is 23.4 Å². The van der Waals surface area contributed by atoms with Crippen molar-refractivity contribution in [1.29, 1.82) is 0 Å². The normalized spacial score (nSPS) is 28.6. The average molecular weight is 251 g/mol. The minimum atomic E-state index is -0.829. The Morgan fingerprint density at radius 2 is 2.18 bits per heavy atom. The molecule has 0 aromatic heterocycles. The SMILES string of the molecule is CC1SCCCC1(Nc1ccccc1)C(=O)O. The Balaban J connectivity index is 2.25. The second-order valence-electron chi connectivity index (χ2n) is 4.38. The van der Waals surface area contributed by atoms with Gasteiger partial charge >= 0.3 is 5.97 Å². The van der Waals surface area contributed by atoms with Crippen molar-refractivity contribution in [3.8, 4) is 0 Å². The summed E-state index contributed by atoms with van der Waals surface area (Å²) in [5, 5.41) is 12.8. The molecule has 17 heavy (non-hydrogen) atoms. The zero-order chi connectivity index (χ0) is 12.3. The molecule has 0 bridgehead atoms. The maximum absolute atomic E-state index is 11.6. The van der Waals surface area contributed by atoms with Crippen molar-refractivity contribution in [2.75, 3.05) is 11.1 Å². The highest BCUT2D eigenvalue weighted by Gasteiger charge is 2.45. The number of carboxylic acids is 1. The van der Waals surface area contributed by atoms with Crippen LogP contribution in [0.25, 0.3) is 0 Å². The van der Waals surface area contributed by atoms with Gasteiger partial charge in [-0.25, -0.2) is 4.79 Å². The third-order valence-corrected chi connectivity index (χ3v) is 4.73. The Bertz CT molecular complexity index is 396. The lowest BCUT2D eigenvalue weighted by atomic mass is 9.89. The number of nitrogens with one attached hydrogen (secondary N) is 1. The van der Waals surface area contributed by atoms with Crippen LogP contribution >= 0.6 is 11.8 Å². The summed E-state index contributed by atoms with van der Waals surface area (Å²) in [4.78, 5) is 11.6. The molecule has 1 fully saturated rings. The van der Waals surface area contributed by atoms with Crippen molar-refractivity contribution in [2.45, 2.75) is 30.6 Å². The fraction of sp³-hybridized carbons (Fsp3) is 0.462. The molecule has 1 aromatic rings. The third kappa shape index (κ3) is 2.41. The molecular weight excluding hydrogens is 234 g/mol. The van der Waals surface area contributed by atoms with E-state index in [1.807, 2.05) is 37.3 Å². The molecule has 2 atom stereocenters. The average Bonchev–Trinajstić information content (AvgIpc) is 2.33. The van der Waals surface area contributed by atoms with Crippen LogP contribution in [0.15, 0.2) is 30.3 Å². The standard InChI is InChI=1S/C13H17NO2S/c1-10-13(12(15)16,8-5-9-17-10)14-11-6-3-2-4-7-11/h2-4,6-7,10,14H,5,8-9H2,1H3,(H,15,16). The van der Waals surface area contributed by atoms with Gasteiger partial charge < -0.3 is 10.4 Å². The van der Waals surface area contributed by atoms with E-state index >= 15 is 0 Å². The molecule has 92 valence electrons. The Kier molecular flexibility index (Phi) is 3.62. The molecule has 0 radical (unpaired) electrons.